The van der Waals surface area contributed by atoms with E-state index in [2.05, 4.69) is 27.0 Å². The number of rotatable bonds is 6. The lowest BCUT2D eigenvalue weighted by Crippen LogP contribution is -2.44. The van der Waals surface area contributed by atoms with Gasteiger partial charge in [-0.15, -0.1) is 0 Å². The smallest absolute Gasteiger partial charge is 0.266 e. The third-order valence-electron chi connectivity index (χ3n) is 4.48. The van der Waals surface area contributed by atoms with E-state index < -0.39 is 0 Å². The molecule has 1 saturated heterocycles. The summed E-state index contributed by atoms with van der Waals surface area (Å²) in [6, 6.07) is 10.4. The molecule has 0 spiro atoms. The second kappa shape index (κ2) is 7.57. The van der Waals surface area contributed by atoms with Gasteiger partial charge in [-0.25, -0.2) is 0 Å². The maximum atomic E-state index is 8.94. The minimum atomic E-state index is 0.258. The zero-order chi connectivity index (χ0) is 16.1. The summed E-state index contributed by atoms with van der Waals surface area (Å²) < 4.78 is 5.39. The average molecular weight is 316 g/mol. The maximum Gasteiger partial charge on any atom is 0.266 e. The van der Waals surface area contributed by atoms with Crippen LogP contribution in [0.15, 0.2) is 34.9 Å². The Morgan fingerprint density at radius 2 is 2.00 bits per heavy atom. The van der Waals surface area contributed by atoms with Crippen LogP contribution in [-0.4, -0.2) is 59.5 Å². The molecule has 0 unspecified atom stereocenters. The number of benzene rings is 1. The van der Waals surface area contributed by atoms with Gasteiger partial charge in [0.1, 0.15) is 0 Å². The normalized spacial score (nSPS) is 16.2. The quantitative estimate of drug-likeness (QED) is 0.879. The molecule has 6 nitrogen and oxygen atoms in total. The van der Waals surface area contributed by atoms with Crippen LogP contribution in [0.4, 0.5) is 5.95 Å². The zero-order valence-electron chi connectivity index (χ0n) is 13.6. The number of nitrogens with zero attached hydrogens (tertiary/aromatic N) is 4. The van der Waals surface area contributed by atoms with Crippen LogP contribution in [0.3, 0.4) is 0 Å². The lowest BCUT2D eigenvalue weighted by Gasteiger charge is -2.36. The fraction of sp³-hybridized carbons (Fsp3) is 0.529. The molecule has 1 aliphatic rings. The first-order valence-electron chi connectivity index (χ1n) is 8.23. The van der Waals surface area contributed by atoms with Gasteiger partial charge in [0.25, 0.3) is 11.8 Å². The molecule has 124 valence electrons. The fourth-order valence-electron chi connectivity index (χ4n) is 3.05. The molecule has 2 aromatic rings. The topological polar surface area (TPSA) is 65.6 Å². The molecule has 1 aromatic carbocycles. The van der Waals surface area contributed by atoms with Gasteiger partial charge in [0.05, 0.1) is 0 Å². The molecule has 1 aromatic heterocycles. The van der Waals surface area contributed by atoms with Crippen molar-refractivity contribution < 1.29 is 9.63 Å². The summed E-state index contributed by atoms with van der Waals surface area (Å²) in [4.78, 5) is 9.06. The molecule has 0 amide bonds. The van der Waals surface area contributed by atoms with E-state index in [0.717, 1.165) is 44.5 Å². The molecule has 23 heavy (non-hydrogen) atoms. The largest absolute Gasteiger partial charge is 0.396 e. The minimum Gasteiger partial charge on any atom is -0.396 e. The van der Waals surface area contributed by atoms with E-state index in [1.54, 1.807) is 0 Å². The molecule has 1 aliphatic heterocycles. The van der Waals surface area contributed by atoms with Crippen LogP contribution in [0.1, 0.15) is 19.3 Å². The van der Waals surface area contributed by atoms with Crippen LogP contribution in [0, 0.1) is 0 Å². The van der Waals surface area contributed by atoms with Crippen LogP contribution in [0.2, 0.25) is 0 Å². The Balaban J connectivity index is 1.57. The molecule has 2 heterocycles. The van der Waals surface area contributed by atoms with Gasteiger partial charge in [-0.3, -0.25) is 0 Å². The number of aliphatic hydroxyl groups is 1. The Morgan fingerprint density at radius 1 is 1.26 bits per heavy atom. The van der Waals surface area contributed by atoms with Gasteiger partial charge in [-0.1, -0.05) is 18.2 Å². The van der Waals surface area contributed by atoms with Gasteiger partial charge in [-0.05, 0) is 43.6 Å². The molecule has 1 fully saturated rings. The monoisotopic (exact) mass is 316 g/mol. The standard InChI is InChI=1S/C17H24N4O2/c1-20(10-5-13-22)15-8-11-21(12-9-15)17-18-16(23-19-17)14-6-3-2-4-7-14/h2-4,6-7,15,22H,5,8-13H2,1H3. The van der Waals surface area contributed by atoms with Crippen molar-refractivity contribution in [2.75, 3.05) is 38.2 Å². The number of hydrogen-bond donors (Lipinski definition) is 1. The van der Waals surface area contributed by atoms with Crippen molar-refractivity contribution >= 4 is 5.95 Å². The molecule has 0 radical (unpaired) electrons. The zero-order valence-corrected chi connectivity index (χ0v) is 13.6. The second-order valence-corrected chi connectivity index (χ2v) is 6.04. The van der Waals surface area contributed by atoms with Crippen molar-refractivity contribution in [2.45, 2.75) is 25.3 Å². The Hall–Kier alpha value is -1.92. The lowest BCUT2D eigenvalue weighted by molar-refractivity contribution is 0.184. The van der Waals surface area contributed by atoms with Crippen LogP contribution >= 0.6 is 0 Å². The number of hydrogen-bond acceptors (Lipinski definition) is 6. The first-order valence-corrected chi connectivity index (χ1v) is 8.23. The number of aliphatic hydroxyl groups excluding tert-OH is 1. The lowest BCUT2D eigenvalue weighted by atomic mass is 10.0. The summed E-state index contributed by atoms with van der Waals surface area (Å²) in [6.07, 6.45) is 3.00. The third-order valence-corrected chi connectivity index (χ3v) is 4.48. The Labute approximate surface area is 136 Å². The van der Waals surface area contributed by atoms with Crippen LogP contribution in [-0.2, 0) is 0 Å². The Kier molecular flexibility index (Phi) is 5.25. The van der Waals surface area contributed by atoms with Crippen LogP contribution in [0.5, 0.6) is 0 Å². The number of aromatic nitrogens is 2. The Morgan fingerprint density at radius 3 is 2.70 bits per heavy atom. The molecule has 3 rings (SSSR count). The SMILES string of the molecule is CN(CCCO)C1CCN(c2noc(-c3ccccc3)n2)CC1. The predicted molar refractivity (Wildman–Crippen MR) is 89.3 cm³/mol. The number of piperidine rings is 1. The highest BCUT2D eigenvalue weighted by Gasteiger charge is 2.25. The summed E-state index contributed by atoms with van der Waals surface area (Å²) >= 11 is 0. The molecule has 1 N–H and O–H groups in total. The average Bonchev–Trinajstić information content (AvgIpc) is 3.11. The van der Waals surface area contributed by atoms with E-state index in [1.165, 1.54) is 0 Å². The first kappa shape index (κ1) is 16.0. The van der Waals surface area contributed by atoms with Crippen molar-refractivity contribution in [3.8, 4) is 11.5 Å². The fourth-order valence-corrected chi connectivity index (χ4v) is 3.05. The summed E-state index contributed by atoms with van der Waals surface area (Å²) in [7, 11) is 2.14. The molecular weight excluding hydrogens is 292 g/mol. The van der Waals surface area contributed by atoms with Gasteiger partial charge in [0, 0.05) is 37.8 Å². The molecular formula is C17H24N4O2. The van der Waals surface area contributed by atoms with E-state index >= 15 is 0 Å². The molecule has 6 heteroatoms. The highest BCUT2D eigenvalue weighted by molar-refractivity contribution is 5.54. The van der Waals surface area contributed by atoms with Gasteiger partial charge < -0.3 is 19.4 Å². The summed E-state index contributed by atoms with van der Waals surface area (Å²) in [5, 5.41) is 13.1. The molecule has 0 bridgehead atoms. The predicted octanol–water partition coefficient (Wildman–Crippen LogP) is 2.02. The molecule has 0 atom stereocenters. The van der Waals surface area contributed by atoms with E-state index in [-0.39, 0.29) is 6.61 Å². The first-order chi connectivity index (χ1) is 11.3. The highest BCUT2D eigenvalue weighted by Crippen LogP contribution is 2.23. The van der Waals surface area contributed by atoms with Crippen LogP contribution in [0.25, 0.3) is 11.5 Å². The Bertz CT molecular complexity index is 594. The van der Waals surface area contributed by atoms with Gasteiger partial charge >= 0.3 is 0 Å². The summed E-state index contributed by atoms with van der Waals surface area (Å²) in [6.45, 7) is 3.07. The minimum absolute atomic E-state index is 0.258. The van der Waals surface area contributed by atoms with Crippen molar-refractivity contribution in [3.63, 3.8) is 0 Å². The molecule has 0 aliphatic carbocycles. The van der Waals surface area contributed by atoms with Crippen molar-refractivity contribution in [2.24, 2.45) is 0 Å². The van der Waals surface area contributed by atoms with E-state index in [1.807, 2.05) is 30.3 Å². The third kappa shape index (κ3) is 3.89. The second-order valence-electron chi connectivity index (χ2n) is 6.04. The van der Waals surface area contributed by atoms with E-state index in [9.17, 15) is 0 Å². The van der Waals surface area contributed by atoms with E-state index in [4.69, 9.17) is 9.63 Å². The van der Waals surface area contributed by atoms with Crippen molar-refractivity contribution in [3.05, 3.63) is 30.3 Å². The highest BCUT2D eigenvalue weighted by atomic mass is 16.5. The van der Waals surface area contributed by atoms with Gasteiger partial charge in [-0.2, -0.15) is 4.98 Å². The van der Waals surface area contributed by atoms with Gasteiger partial charge in [0.15, 0.2) is 0 Å². The van der Waals surface area contributed by atoms with Gasteiger partial charge in [0.2, 0.25) is 0 Å². The maximum absolute atomic E-state index is 8.94. The van der Waals surface area contributed by atoms with Crippen molar-refractivity contribution in [1.29, 1.82) is 0 Å². The number of anilines is 1. The van der Waals surface area contributed by atoms with E-state index in [0.29, 0.717) is 17.9 Å². The summed E-state index contributed by atoms with van der Waals surface area (Å²) in [5.74, 6) is 1.25. The van der Waals surface area contributed by atoms with Crippen molar-refractivity contribution in [1.82, 2.24) is 15.0 Å². The molecule has 0 saturated carbocycles. The van der Waals surface area contributed by atoms with Crippen LogP contribution < -0.4 is 4.90 Å². The summed E-state index contributed by atoms with van der Waals surface area (Å²) in [5.41, 5.74) is 0.949.